The quantitative estimate of drug-likeness (QED) is 0.811. The van der Waals surface area contributed by atoms with Gasteiger partial charge in [0.1, 0.15) is 0 Å². The summed E-state index contributed by atoms with van der Waals surface area (Å²) in [5.41, 5.74) is 1.95. The molecule has 2 rings (SSSR count). The average molecular weight is 251 g/mol. The van der Waals surface area contributed by atoms with Crippen molar-refractivity contribution in [1.29, 1.82) is 0 Å². The molecule has 1 aromatic rings. The van der Waals surface area contributed by atoms with Gasteiger partial charge in [0.25, 0.3) is 5.91 Å². The Morgan fingerprint density at radius 3 is 2.53 bits per heavy atom. The number of nitrogens with zero attached hydrogens (tertiary/aromatic N) is 2. The molecule has 0 N–H and O–H groups in total. The summed E-state index contributed by atoms with van der Waals surface area (Å²) < 4.78 is 0. The first-order valence-electron chi connectivity index (χ1n) is 5.72. The number of hydrogen-bond donors (Lipinski definition) is 0. The Labute approximate surface area is 106 Å². The van der Waals surface area contributed by atoms with E-state index >= 15 is 0 Å². The summed E-state index contributed by atoms with van der Waals surface area (Å²) in [6.07, 6.45) is 0.811. The maximum Gasteiger partial charge on any atom is 0.251 e. The molecule has 0 aromatic heterocycles. The summed E-state index contributed by atoms with van der Waals surface area (Å²) >= 11 is 5.82. The lowest BCUT2D eigenvalue weighted by molar-refractivity contribution is -0.132. The van der Waals surface area contributed by atoms with Crippen LogP contribution in [0.15, 0.2) is 29.4 Å². The molecular formula is C13H15ClN2O. The van der Waals surface area contributed by atoms with Gasteiger partial charge < -0.3 is 0 Å². The van der Waals surface area contributed by atoms with Gasteiger partial charge in [-0.15, -0.1) is 0 Å². The molecule has 17 heavy (non-hydrogen) atoms. The van der Waals surface area contributed by atoms with Gasteiger partial charge in [-0.05, 0) is 31.0 Å². The van der Waals surface area contributed by atoms with E-state index in [1.54, 1.807) is 5.01 Å². The minimum Gasteiger partial charge on any atom is -0.272 e. The van der Waals surface area contributed by atoms with E-state index in [-0.39, 0.29) is 11.8 Å². The Kier molecular flexibility index (Phi) is 3.48. The molecule has 1 atom stereocenters. The van der Waals surface area contributed by atoms with Crippen molar-refractivity contribution in [1.82, 2.24) is 5.01 Å². The molecule has 4 heteroatoms. The van der Waals surface area contributed by atoms with Crippen LogP contribution in [0.2, 0.25) is 5.02 Å². The van der Waals surface area contributed by atoms with Crippen LogP contribution in [0.3, 0.4) is 0 Å². The van der Waals surface area contributed by atoms with Crippen molar-refractivity contribution in [3.8, 4) is 0 Å². The highest BCUT2D eigenvalue weighted by molar-refractivity contribution is 6.30. The number of halogens is 1. The van der Waals surface area contributed by atoms with Gasteiger partial charge in [-0.1, -0.05) is 30.7 Å². The third kappa shape index (κ3) is 2.50. The summed E-state index contributed by atoms with van der Waals surface area (Å²) in [5, 5.41) is 6.56. The van der Waals surface area contributed by atoms with E-state index in [1.165, 1.54) is 0 Å². The second-order valence-electron chi connectivity index (χ2n) is 4.22. The van der Waals surface area contributed by atoms with Gasteiger partial charge in [0.2, 0.25) is 0 Å². The Morgan fingerprint density at radius 1 is 1.35 bits per heavy atom. The number of rotatable bonds is 3. The maximum atomic E-state index is 12.0. The molecule has 1 aromatic carbocycles. The van der Waals surface area contributed by atoms with Crippen LogP contribution in [0, 0.1) is 5.92 Å². The fourth-order valence-electron chi connectivity index (χ4n) is 2.01. The number of hydrazone groups is 1. The molecule has 0 radical (unpaired) electrons. The molecular weight excluding hydrogens is 236 g/mol. The molecule has 1 aliphatic heterocycles. The molecule has 1 amide bonds. The molecule has 0 fully saturated rings. The zero-order valence-electron chi connectivity index (χ0n) is 9.98. The van der Waals surface area contributed by atoms with Gasteiger partial charge in [-0.25, -0.2) is 5.01 Å². The predicted octanol–water partition coefficient (Wildman–Crippen LogP) is 3.08. The minimum absolute atomic E-state index is 0.0395. The molecule has 0 aliphatic carbocycles. The van der Waals surface area contributed by atoms with Crippen LogP contribution in [-0.4, -0.2) is 16.6 Å². The number of hydrogen-bond acceptors (Lipinski definition) is 2. The highest BCUT2D eigenvalue weighted by Crippen LogP contribution is 2.21. The van der Waals surface area contributed by atoms with Crippen molar-refractivity contribution in [2.24, 2.45) is 11.0 Å². The topological polar surface area (TPSA) is 32.7 Å². The van der Waals surface area contributed by atoms with Crippen molar-refractivity contribution in [3.63, 3.8) is 0 Å². The lowest BCUT2D eigenvalue weighted by Crippen LogP contribution is -2.26. The summed E-state index contributed by atoms with van der Waals surface area (Å²) in [6, 6.07) is 7.48. The number of carbonyl (C=O) groups excluding carboxylic acids is 1. The Bertz CT molecular complexity index is 453. The van der Waals surface area contributed by atoms with E-state index in [4.69, 9.17) is 11.6 Å². The van der Waals surface area contributed by atoms with E-state index in [2.05, 4.69) is 5.10 Å². The van der Waals surface area contributed by atoms with Crippen LogP contribution in [0.4, 0.5) is 0 Å². The zero-order chi connectivity index (χ0) is 12.4. The van der Waals surface area contributed by atoms with Gasteiger partial charge in [0.05, 0.1) is 12.5 Å². The normalized spacial score (nSPS) is 19.7. The fourth-order valence-corrected chi connectivity index (χ4v) is 2.14. The molecule has 1 unspecified atom stereocenters. The zero-order valence-corrected chi connectivity index (χ0v) is 10.7. The maximum absolute atomic E-state index is 12.0. The van der Waals surface area contributed by atoms with Gasteiger partial charge >= 0.3 is 0 Å². The van der Waals surface area contributed by atoms with Crippen molar-refractivity contribution >= 4 is 23.2 Å². The van der Waals surface area contributed by atoms with Crippen molar-refractivity contribution in [2.45, 2.75) is 26.8 Å². The molecule has 90 valence electrons. The van der Waals surface area contributed by atoms with E-state index in [1.807, 2.05) is 38.1 Å². The van der Waals surface area contributed by atoms with Crippen LogP contribution in [-0.2, 0) is 11.3 Å². The fraction of sp³-hybridized carbons (Fsp3) is 0.385. The van der Waals surface area contributed by atoms with Gasteiger partial charge in [-0.3, -0.25) is 4.79 Å². The number of carbonyl (C=O) groups is 1. The third-order valence-electron chi connectivity index (χ3n) is 2.99. The summed E-state index contributed by atoms with van der Waals surface area (Å²) in [6.45, 7) is 4.44. The largest absolute Gasteiger partial charge is 0.272 e. The average Bonchev–Trinajstić information content (AvgIpc) is 2.57. The molecule has 0 saturated heterocycles. The van der Waals surface area contributed by atoms with Crippen LogP contribution in [0.1, 0.15) is 25.8 Å². The van der Waals surface area contributed by atoms with E-state index in [9.17, 15) is 4.79 Å². The van der Waals surface area contributed by atoms with Crippen LogP contribution in [0.5, 0.6) is 0 Å². The highest BCUT2D eigenvalue weighted by atomic mass is 35.5. The number of benzene rings is 1. The third-order valence-corrected chi connectivity index (χ3v) is 3.24. The molecule has 0 bridgehead atoms. The molecule has 1 heterocycles. The summed E-state index contributed by atoms with van der Waals surface area (Å²) in [7, 11) is 0. The Morgan fingerprint density at radius 2 is 2.00 bits per heavy atom. The lowest BCUT2D eigenvalue weighted by Gasteiger charge is -2.13. The first kappa shape index (κ1) is 12.1. The van der Waals surface area contributed by atoms with Crippen molar-refractivity contribution in [3.05, 3.63) is 34.9 Å². The Balaban J connectivity index is 2.10. The molecule has 3 nitrogen and oxygen atoms in total. The Hall–Kier alpha value is -1.35. The SMILES string of the molecule is CCC1C(=O)N(Cc2ccc(Cl)cc2)N=C1C. The van der Waals surface area contributed by atoms with Gasteiger partial charge in [0, 0.05) is 10.7 Å². The van der Waals surface area contributed by atoms with Crippen LogP contribution < -0.4 is 0 Å². The summed E-state index contributed by atoms with van der Waals surface area (Å²) in [4.78, 5) is 12.0. The smallest absolute Gasteiger partial charge is 0.251 e. The van der Waals surface area contributed by atoms with Crippen LogP contribution >= 0.6 is 11.6 Å². The standard InChI is InChI=1S/C13H15ClN2O/c1-3-12-9(2)15-16(13(12)17)8-10-4-6-11(14)7-5-10/h4-7,12H,3,8H2,1-2H3. The minimum atomic E-state index is -0.0395. The van der Waals surface area contributed by atoms with E-state index < -0.39 is 0 Å². The van der Waals surface area contributed by atoms with E-state index in [0.29, 0.717) is 11.6 Å². The molecule has 1 aliphatic rings. The monoisotopic (exact) mass is 250 g/mol. The predicted molar refractivity (Wildman–Crippen MR) is 68.9 cm³/mol. The second kappa shape index (κ2) is 4.88. The summed E-state index contributed by atoms with van der Waals surface area (Å²) in [5.74, 6) is 0.0576. The van der Waals surface area contributed by atoms with Gasteiger partial charge in [-0.2, -0.15) is 5.10 Å². The highest BCUT2D eigenvalue weighted by Gasteiger charge is 2.31. The van der Waals surface area contributed by atoms with Gasteiger partial charge in [0.15, 0.2) is 0 Å². The first-order valence-corrected chi connectivity index (χ1v) is 6.10. The lowest BCUT2D eigenvalue weighted by atomic mass is 10.0. The van der Waals surface area contributed by atoms with E-state index in [0.717, 1.165) is 17.7 Å². The van der Waals surface area contributed by atoms with Crippen molar-refractivity contribution < 1.29 is 4.79 Å². The number of amides is 1. The van der Waals surface area contributed by atoms with Crippen molar-refractivity contribution in [2.75, 3.05) is 0 Å². The molecule has 0 spiro atoms. The van der Waals surface area contributed by atoms with Crippen LogP contribution in [0.25, 0.3) is 0 Å². The first-order chi connectivity index (χ1) is 8.11. The molecule has 0 saturated carbocycles. The second-order valence-corrected chi connectivity index (χ2v) is 4.66.